The van der Waals surface area contributed by atoms with Gasteiger partial charge in [-0.3, -0.25) is 4.90 Å². The Balaban J connectivity index is 2.38. The van der Waals surface area contributed by atoms with Gasteiger partial charge < -0.3 is 4.74 Å². The fourth-order valence-corrected chi connectivity index (χ4v) is 1.51. The minimum Gasteiger partial charge on any atom is -0.373 e. The molecule has 1 rings (SSSR count). The summed E-state index contributed by atoms with van der Waals surface area (Å²) in [5.41, 5.74) is 0. The van der Waals surface area contributed by atoms with Crippen molar-refractivity contribution in [2.45, 2.75) is 26.1 Å². The van der Waals surface area contributed by atoms with Gasteiger partial charge in [0.2, 0.25) is 0 Å². The van der Waals surface area contributed by atoms with Crippen molar-refractivity contribution in [1.82, 2.24) is 4.90 Å². The van der Waals surface area contributed by atoms with Gasteiger partial charge in [-0.2, -0.15) is 5.26 Å². The maximum Gasteiger partial charge on any atom is 0.0867 e. The Morgan fingerprint density at radius 3 is 2.45 bits per heavy atom. The number of hydrogen-bond donors (Lipinski definition) is 0. The topological polar surface area (TPSA) is 36.3 Å². The summed E-state index contributed by atoms with van der Waals surface area (Å²) < 4.78 is 5.51. The third-order valence-corrected chi connectivity index (χ3v) is 1.79. The van der Waals surface area contributed by atoms with Crippen molar-refractivity contribution in [3.05, 3.63) is 0 Å². The van der Waals surface area contributed by atoms with Crippen LogP contribution in [0.3, 0.4) is 0 Å². The van der Waals surface area contributed by atoms with E-state index >= 15 is 0 Å². The number of hydrogen-bond acceptors (Lipinski definition) is 3. The van der Waals surface area contributed by atoms with Crippen molar-refractivity contribution in [2.75, 3.05) is 19.6 Å². The van der Waals surface area contributed by atoms with Crippen LogP contribution in [0.1, 0.15) is 13.8 Å². The Labute approximate surface area is 67.6 Å². The van der Waals surface area contributed by atoms with E-state index in [-0.39, 0.29) is 12.2 Å². The van der Waals surface area contributed by atoms with E-state index in [0.29, 0.717) is 6.54 Å². The Kier molecular flexibility index (Phi) is 2.86. The molecule has 11 heavy (non-hydrogen) atoms. The normalized spacial score (nSPS) is 33.2. The molecular weight excluding hydrogens is 140 g/mol. The molecule has 0 aromatic heterocycles. The van der Waals surface area contributed by atoms with Crippen molar-refractivity contribution in [2.24, 2.45) is 0 Å². The van der Waals surface area contributed by atoms with Gasteiger partial charge in [-0.15, -0.1) is 0 Å². The average molecular weight is 154 g/mol. The summed E-state index contributed by atoms with van der Waals surface area (Å²) in [5.74, 6) is 0. The van der Waals surface area contributed by atoms with Gasteiger partial charge in [0, 0.05) is 13.1 Å². The fourth-order valence-electron chi connectivity index (χ4n) is 1.51. The molecule has 1 heterocycles. The first-order valence-electron chi connectivity index (χ1n) is 3.97. The molecule has 0 aromatic carbocycles. The Hall–Kier alpha value is -0.590. The summed E-state index contributed by atoms with van der Waals surface area (Å²) in [6, 6.07) is 2.15. The van der Waals surface area contributed by atoms with E-state index in [4.69, 9.17) is 10.00 Å². The number of ether oxygens (including phenoxy) is 1. The minimum absolute atomic E-state index is 0.270. The molecule has 62 valence electrons. The van der Waals surface area contributed by atoms with Gasteiger partial charge in [0.05, 0.1) is 24.8 Å². The summed E-state index contributed by atoms with van der Waals surface area (Å²) in [4.78, 5) is 2.12. The number of rotatable bonds is 1. The van der Waals surface area contributed by atoms with E-state index in [1.165, 1.54) is 0 Å². The summed E-state index contributed by atoms with van der Waals surface area (Å²) >= 11 is 0. The van der Waals surface area contributed by atoms with E-state index in [2.05, 4.69) is 11.0 Å². The molecule has 0 aliphatic carbocycles. The van der Waals surface area contributed by atoms with Crippen LogP contribution in [0.25, 0.3) is 0 Å². The first-order valence-corrected chi connectivity index (χ1v) is 3.97. The fraction of sp³-hybridized carbons (Fsp3) is 0.875. The zero-order valence-electron chi connectivity index (χ0n) is 7.08. The molecular formula is C8H14N2O. The summed E-state index contributed by atoms with van der Waals surface area (Å²) in [7, 11) is 0. The smallest absolute Gasteiger partial charge is 0.0867 e. The molecule has 0 unspecified atom stereocenters. The van der Waals surface area contributed by atoms with Crippen molar-refractivity contribution >= 4 is 0 Å². The van der Waals surface area contributed by atoms with Gasteiger partial charge in [-0.1, -0.05) is 0 Å². The van der Waals surface area contributed by atoms with Crippen molar-refractivity contribution < 1.29 is 4.74 Å². The molecule has 0 N–H and O–H groups in total. The molecule has 1 fully saturated rings. The molecule has 3 heteroatoms. The van der Waals surface area contributed by atoms with Crippen molar-refractivity contribution in [3.63, 3.8) is 0 Å². The second-order valence-electron chi connectivity index (χ2n) is 3.11. The third kappa shape index (κ3) is 2.49. The van der Waals surface area contributed by atoms with Gasteiger partial charge >= 0.3 is 0 Å². The Morgan fingerprint density at radius 1 is 1.45 bits per heavy atom. The van der Waals surface area contributed by atoms with E-state index < -0.39 is 0 Å². The molecule has 0 spiro atoms. The molecule has 1 aliphatic rings. The third-order valence-electron chi connectivity index (χ3n) is 1.79. The van der Waals surface area contributed by atoms with E-state index in [1.54, 1.807) is 0 Å². The second kappa shape index (κ2) is 3.70. The first kappa shape index (κ1) is 8.51. The van der Waals surface area contributed by atoms with Crippen LogP contribution < -0.4 is 0 Å². The van der Waals surface area contributed by atoms with Crippen LogP contribution in [-0.2, 0) is 4.74 Å². The number of nitriles is 1. The zero-order chi connectivity index (χ0) is 8.27. The predicted molar refractivity (Wildman–Crippen MR) is 42.1 cm³/mol. The molecule has 0 saturated carbocycles. The maximum atomic E-state index is 8.46. The Bertz CT molecular complexity index is 154. The van der Waals surface area contributed by atoms with Gasteiger partial charge in [0.1, 0.15) is 0 Å². The highest BCUT2D eigenvalue weighted by Gasteiger charge is 2.21. The van der Waals surface area contributed by atoms with Crippen LogP contribution in [0, 0.1) is 11.3 Å². The van der Waals surface area contributed by atoms with Crippen LogP contribution >= 0.6 is 0 Å². The number of nitrogens with zero attached hydrogens (tertiary/aromatic N) is 2. The molecule has 1 saturated heterocycles. The monoisotopic (exact) mass is 154 g/mol. The summed E-state index contributed by atoms with van der Waals surface area (Å²) in [6.45, 7) is 6.38. The first-order chi connectivity index (χ1) is 5.22. The van der Waals surface area contributed by atoms with E-state index in [1.807, 2.05) is 13.8 Å². The van der Waals surface area contributed by atoms with Crippen LogP contribution in [0.5, 0.6) is 0 Å². The highest BCUT2D eigenvalue weighted by Crippen LogP contribution is 2.09. The lowest BCUT2D eigenvalue weighted by atomic mass is 10.2. The van der Waals surface area contributed by atoms with E-state index in [0.717, 1.165) is 13.1 Å². The quantitative estimate of drug-likeness (QED) is 0.519. The molecule has 2 atom stereocenters. The summed E-state index contributed by atoms with van der Waals surface area (Å²) in [6.07, 6.45) is 0.541. The molecule has 1 aliphatic heterocycles. The van der Waals surface area contributed by atoms with Gasteiger partial charge in [-0.05, 0) is 13.8 Å². The SMILES string of the molecule is C[C@H]1CN(CC#N)C[C@H](C)O1. The highest BCUT2D eigenvalue weighted by molar-refractivity contribution is 4.81. The maximum absolute atomic E-state index is 8.46. The van der Waals surface area contributed by atoms with Gasteiger partial charge in [-0.25, -0.2) is 0 Å². The molecule has 0 amide bonds. The molecule has 0 radical (unpaired) electrons. The van der Waals surface area contributed by atoms with Crippen molar-refractivity contribution in [3.8, 4) is 6.07 Å². The molecule has 0 aromatic rings. The Morgan fingerprint density at radius 2 is 2.00 bits per heavy atom. The lowest BCUT2D eigenvalue weighted by molar-refractivity contribution is -0.0641. The van der Waals surface area contributed by atoms with E-state index in [9.17, 15) is 0 Å². The summed E-state index contributed by atoms with van der Waals surface area (Å²) in [5, 5.41) is 8.46. The number of morpholine rings is 1. The van der Waals surface area contributed by atoms with Crippen LogP contribution in [0.4, 0.5) is 0 Å². The largest absolute Gasteiger partial charge is 0.373 e. The van der Waals surface area contributed by atoms with Gasteiger partial charge in [0.25, 0.3) is 0 Å². The lowest BCUT2D eigenvalue weighted by Crippen LogP contribution is -2.45. The molecule has 3 nitrogen and oxygen atoms in total. The van der Waals surface area contributed by atoms with Gasteiger partial charge in [0.15, 0.2) is 0 Å². The zero-order valence-corrected chi connectivity index (χ0v) is 7.08. The second-order valence-corrected chi connectivity index (χ2v) is 3.11. The van der Waals surface area contributed by atoms with Crippen LogP contribution in [-0.4, -0.2) is 36.7 Å². The lowest BCUT2D eigenvalue weighted by Gasteiger charge is -2.33. The predicted octanol–water partition coefficient (Wildman–Crippen LogP) is 0.619. The minimum atomic E-state index is 0.270. The van der Waals surface area contributed by atoms with Crippen molar-refractivity contribution in [1.29, 1.82) is 5.26 Å². The van der Waals surface area contributed by atoms with Crippen LogP contribution in [0.2, 0.25) is 0 Å². The standard InChI is InChI=1S/C8H14N2O/c1-7-5-10(4-3-9)6-8(2)11-7/h7-8H,4-6H2,1-2H3/t7-,8-/m0/s1. The molecule has 0 bridgehead atoms. The van der Waals surface area contributed by atoms with Crippen LogP contribution in [0.15, 0.2) is 0 Å². The highest BCUT2D eigenvalue weighted by atomic mass is 16.5. The average Bonchev–Trinajstić information content (AvgIpc) is 1.85.